The average Bonchev–Trinajstić information content (AvgIpc) is 2.53. The van der Waals surface area contributed by atoms with Gasteiger partial charge in [0.05, 0.1) is 6.33 Å². The summed E-state index contributed by atoms with van der Waals surface area (Å²) >= 11 is 0. The summed E-state index contributed by atoms with van der Waals surface area (Å²) in [5, 5.41) is 2.46. The van der Waals surface area contributed by atoms with E-state index in [-0.39, 0.29) is 24.6 Å². The number of carbonyl (C=O) groups excluding carboxylic acids is 2. The number of ether oxygens (including phenoxy) is 2. The van der Waals surface area contributed by atoms with Crippen molar-refractivity contribution >= 4 is 12.0 Å². The van der Waals surface area contributed by atoms with Crippen molar-refractivity contribution in [3.05, 3.63) is 41.7 Å². The second kappa shape index (κ2) is 9.05. The summed E-state index contributed by atoms with van der Waals surface area (Å²) in [6, 6.07) is 6.53. The Kier molecular flexibility index (Phi) is 7.42. The highest BCUT2D eigenvalue weighted by atomic mass is 19.1. The van der Waals surface area contributed by atoms with Crippen molar-refractivity contribution < 1.29 is 23.5 Å². The fourth-order valence-corrected chi connectivity index (χ4v) is 1.75. The van der Waals surface area contributed by atoms with Gasteiger partial charge in [0.15, 0.2) is 0 Å². The zero-order valence-corrected chi connectivity index (χ0v) is 15.3. The molecule has 6 nitrogen and oxygen atoms in total. The molecule has 0 spiro atoms. The third kappa shape index (κ3) is 7.69. The molecule has 0 fully saturated rings. The van der Waals surface area contributed by atoms with E-state index in [2.05, 4.69) is 5.32 Å². The number of carbonyl (C=O) groups is 2. The van der Waals surface area contributed by atoms with Gasteiger partial charge < -0.3 is 19.7 Å². The van der Waals surface area contributed by atoms with E-state index in [1.807, 2.05) is 0 Å². The van der Waals surface area contributed by atoms with Crippen LogP contribution in [0.25, 0.3) is 0 Å². The van der Waals surface area contributed by atoms with Crippen molar-refractivity contribution in [1.29, 1.82) is 0 Å². The lowest BCUT2D eigenvalue weighted by Crippen LogP contribution is -2.34. The fraction of sp³-hybridized carbons (Fsp3) is 0.444. The van der Waals surface area contributed by atoms with Crippen molar-refractivity contribution in [1.82, 2.24) is 10.2 Å². The minimum atomic E-state index is -0.626. The molecule has 0 heterocycles. The largest absolute Gasteiger partial charge is 0.489 e. The molecule has 1 rings (SSSR count). The molecule has 1 N–H and O–H groups in total. The van der Waals surface area contributed by atoms with Crippen LogP contribution in [0.5, 0.6) is 5.75 Å². The summed E-state index contributed by atoms with van der Waals surface area (Å²) in [6.07, 6.45) is -0.236. The summed E-state index contributed by atoms with van der Waals surface area (Å²) in [5.41, 5.74) is 0.163. The Hall–Kier alpha value is -2.57. The lowest BCUT2D eigenvalue weighted by atomic mass is 10.2. The molecule has 0 aliphatic rings. The van der Waals surface area contributed by atoms with Gasteiger partial charge in [0.25, 0.3) is 5.91 Å². The number of halogens is 1. The van der Waals surface area contributed by atoms with Crippen LogP contribution >= 0.6 is 0 Å². The minimum absolute atomic E-state index is 0.0252. The molecule has 0 unspecified atom stereocenters. The van der Waals surface area contributed by atoms with Crippen molar-refractivity contribution in [2.24, 2.45) is 0 Å². The summed E-state index contributed by atoms with van der Waals surface area (Å²) in [6.45, 7) is 5.17. The maximum atomic E-state index is 12.9. The smallest absolute Gasteiger partial charge is 0.407 e. The Labute approximate surface area is 147 Å². The fourth-order valence-electron chi connectivity index (χ4n) is 1.75. The van der Waals surface area contributed by atoms with Crippen molar-refractivity contribution in [3.63, 3.8) is 0 Å². The molecule has 2 amide bonds. The van der Waals surface area contributed by atoms with Crippen molar-refractivity contribution in [3.8, 4) is 5.75 Å². The van der Waals surface area contributed by atoms with Gasteiger partial charge in [0.1, 0.15) is 18.0 Å². The van der Waals surface area contributed by atoms with Crippen LogP contribution in [0.1, 0.15) is 31.1 Å². The Balaban J connectivity index is 2.50. The molecule has 0 aliphatic heterocycles. The second-order valence-electron chi connectivity index (χ2n) is 6.64. The number of amides is 2. The summed E-state index contributed by atoms with van der Waals surface area (Å²) < 4.78 is 23.5. The van der Waals surface area contributed by atoms with E-state index < -0.39 is 11.7 Å². The van der Waals surface area contributed by atoms with Gasteiger partial charge in [-0.25, -0.2) is 9.18 Å². The van der Waals surface area contributed by atoms with E-state index in [0.717, 1.165) is 0 Å². The minimum Gasteiger partial charge on any atom is -0.489 e. The van der Waals surface area contributed by atoms with Crippen LogP contribution in [0.2, 0.25) is 0 Å². The Morgan fingerprint density at radius 1 is 1.20 bits per heavy atom. The van der Waals surface area contributed by atoms with E-state index >= 15 is 0 Å². The predicted molar refractivity (Wildman–Crippen MR) is 93.4 cm³/mol. The van der Waals surface area contributed by atoms with Crippen LogP contribution in [-0.4, -0.2) is 49.7 Å². The molecular weight excluding hydrogens is 327 g/mol. The predicted octanol–water partition coefficient (Wildman–Crippen LogP) is 3.15. The first-order valence-corrected chi connectivity index (χ1v) is 7.82. The molecule has 0 saturated carbocycles. The molecule has 0 saturated heterocycles. The zero-order valence-electron chi connectivity index (χ0n) is 15.3. The van der Waals surface area contributed by atoms with Crippen LogP contribution in [0.4, 0.5) is 9.18 Å². The maximum Gasteiger partial charge on any atom is 0.407 e. The van der Waals surface area contributed by atoms with Gasteiger partial charge in [0, 0.05) is 31.8 Å². The maximum absolute atomic E-state index is 12.9. The average molecular weight is 352 g/mol. The molecule has 0 aromatic heterocycles. The first-order chi connectivity index (χ1) is 11.6. The molecule has 1 aromatic rings. The molecule has 138 valence electrons. The SMILES string of the molecule is CN(C)C(=O)c1ccc(OCC(=CF)CNC(=O)OC(C)(C)C)cc1. The number of nitrogens with zero attached hydrogens (tertiary/aromatic N) is 1. The van der Waals surface area contributed by atoms with Gasteiger partial charge in [0.2, 0.25) is 0 Å². The second-order valence-corrected chi connectivity index (χ2v) is 6.64. The van der Waals surface area contributed by atoms with Crippen LogP contribution in [0, 0.1) is 0 Å². The molecule has 1 aromatic carbocycles. The molecular formula is C18H25FN2O4. The highest BCUT2D eigenvalue weighted by molar-refractivity contribution is 5.93. The summed E-state index contributed by atoms with van der Waals surface area (Å²) in [5.74, 6) is 0.379. The molecule has 0 atom stereocenters. The van der Waals surface area contributed by atoms with E-state index in [0.29, 0.717) is 17.6 Å². The third-order valence-electron chi connectivity index (χ3n) is 2.94. The van der Waals surface area contributed by atoms with Gasteiger partial charge in [-0.2, -0.15) is 0 Å². The zero-order chi connectivity index (χ0) is 19.0. The number of rotatable bonds is 6. The van der Waals surface area contributed by atoms with Gasteiger partial charge in [-0.15, -0.1) is 0 Å². The Morgan fingerprint density at radius 3 is 2.28 bits per heavy atom. The normalized spacial score (nSPS) is 11.7. The standard InChI is InChI=1S/C18H25FN2O4/c1-18(2,3)25-17(23)20-11-13(10-19)12-24-15-8-6-14(7-9-15)16(22)21(4)5/h6-10H,11-12H2,1-5H3,(H,20,23). The van der Waals surface area contributed by atoms with Gasteiger partial charge in [-0.3, -0.25) is 4.79 Å². The number of hydrogen-bond acceptors (Lipinski definition) is 4. The molecule has 0 aliphatic carbocycles. The van der Waals surface area contributed by atoms with Gasteiger partial charge in [-0.05, 0) is 45.0 Å². The van der Waals surface area contributed by atoms with Gasteiger partial charge in [-0.1, -0.05) is 0 Å². The van der Waals surface area contributed by atoms with Gasteiger partial charge >= 0.3 is 6.09 Å². The number of nitrogens with one attached hydrogen (secondary N) is 1. The first-order valence-electron chi connectivity index (χ1n) is 7.82. The van der Waals surface area contributed by atoms with E-state index in [1.165, 1.54) is 4.90 Å². The van der Waals surface area contributed by atoms with Crippen LogP contribution in [0.3, 0.4) is 0 Å². The first kappa shape index (κ1) is 20.5. The molecule has 0 bridgehead atoms. The summed E-state index contributed by atoms with van der Waals surface area (Å²) in [7, 11) is 3.34. The quantitative estimate of drug-likeness (QED) is 0.854. The van der Waals surface area contributed by atoms with Crippen molar-refractivity contribution in [2.45, 2.75) is 26.4 Å². The molecule has 0 radical (unpaired) electrons. The lowest BCUT2D eigenvalue weighted by Gasteiger charge is -2.20. The van der Waals surface area contributed by atoms with Crippen molar-refractivity contribution in [2.75, 3.05) is 27.2 Å². The topological polar surface area (TPSA) is 67.9 Å². The monoisotopic (exact) mass is 352 g/mol. The van der Waals surface area contributed by atoms with Crippen LogP contribution in [-0.2, 0) is 4.74 Å². The third-order valence-corrected chi connectivity index (χ3v) is 2.94. The van der Waals surface area contributed by atoms with E-state index in [9.17, 15) is 14.0 Å². The number of hydrogen-bond donors (Lipinski definition) is 1. The van der Waals surface area contributed by atoms with E-state index in [4.69, 9.17) is 9.47 Å². The molecule has 25 heavy (non-hydrogen) atoms. The highest BCUT2D eigenvalue weighted by Crippen LogP contribution is 2.14. The van der Waals surface area contributed by atoms with Crippen LogP contribution in [0.15, 0.2) is 36.2 Å². The lowest BCUT2D eigenvalue weighted by molar-refractivity contribution is 0.0531. The number of benzene rings is 1. The molecule has 7 heteroatoms. The Bertz CT molecular complexity index is 619. The van der Waals surface area contributed by atoms with Crippen LogP contribution < -0.4 is 10.1 Å². The van der Waals surface area contributed by atoms with E-state index in [1.54, 1.807) is 59.1 Å². The number of alkyl carbamates (subject to hydrolysis) is 1. The highest BCUT2D eigenvalue weighted by Gasteiger charge is 2.16. The summed E-state index contributed by atoms with van der Waals surface area (Å²) in [4.78, 5) is 24.8. The Morgan fingerprint density at radius 2 is 1.80 bits per heavy atom.